The summed E-state index contributed by atoms with van der Waals surface area (Å²) >= 11 is 8.09. The van der Waals surface area contributed by atoms with Crippen molar-refractivity contribution in [3.8, 4) is 0 Å². The fourth-order valence-electron chi connectivity index (χ4n) is 5.42. The number of pyridine rings is 1. The summed E-state index contributed by atoms with van der Waals surface area (Å²) in [6.45, 7) is 3.29. The molecule has 2 aliphatic heterocycles. The van der Waals surface area contributed by atoms with Crippen LogP contribution in [0.25, 0.3) is 22.2 Å². The van der Waals surface area contributed by atoms with Gasteiger partial charge in [-0.3, -0.25) is 4.79 Å². The largest absolute Gasteiger partial charge is 0.378 e. The third-order valence-electron chi connectivity index (χ3n) is 7.94. The molecule has 13 heteroatoms. The summed E-state index contributed by atoms with van der Waals surface area (Å²) in [4.78, 5) is 25.8. The van der Waals surface area contributed by atoms with Gasteiger partial charge in [0.05, 0.1) is 30.3 Å². The van der Waals surface area contributed by atoms with Crippen molar-refractivity contribution in [1.29, 1.82) is 0 Å². The molecule has 0 bridgehead atoms. The summed E-state index contributed by atoms with van der Waals surface area (Å²) in [5, 5.41) is 12.2. The van der Waals surface area contributed by atoms with Crippen molar-refractivity contribution in [3.63, 3.8) is 0 Å². The lowest BCUT2D eigenvalue weighted by atomic mass is 9.97. The van der Waals surface area contributed by atoms with Gasteiger partial charge in [-0.25, -0.2) is 22.4 Å². The van der Waals surface area contributed by atoms with Crippen molar-refractivity contribution >= 4 is 61.0 Å². The molecule has 0 aromatic carbocycles. The van der Waals surface area contributed by atoms with Crippen LogP contribution >= 0.6 is 22.9 Å². The highest BCUT2D eigenvalue weighted by Gasteiger charge is 2.44. The number of allylic oxidation sites excluding steroid dienone is 3. The summed E-state index contributed by atoms with van der Waals surface area (Å²) in [6.07, 6.45) is 9.29. The van der Waals surface area contributed by atoms with E-state index < -0.39 is 20.4 Å². The highest BCUT2D eigenvalue weighted by Crippen LogP contribution is 2.44. The summed E-state index contributed by atoms with van der Waals surface area (Å²) in [7, 11) is -0.361. The van der Waals surface area contributed by atoms with Crippen LogP contribution in [0.3, 0.4) is 0 Å². The molecule has 0 saturated carbocycles. The lowest BCUT2D eigenvalue weighted by molar-refractivity contribution is -0.184. The molecule has 3 aliphatic rings. The van der Waals surface area contributed by atoms with Crippen LogP contribution in [0.5, 0.6) is 0 Å². The first-order valence-corrected chi connectivity index (χ1v) is 16.2. The molecule has 3 aromatic heterocycles. The standard InChI is InChI=1S/C29H32ClN5O5S2/c1-28(9-6-21(22(30)14-28)24-15-32-27(41-24)29(37)17-40-18-29)42(38,39)35-23(13-20-5-4-10-31-26(20)35)19-7-11-34(12-8-19)25(36)16-33(2)3/h4-7,10,13-15,37H,8-9,11-12,16-18H2,1-3H3. The van der Waals surface area contributed by atoms with E-state index in [2.05, 4.69) is 9.97 Å². The minimum Gasteiger partial charge on any atom is -0.378 e. The fourth-order valence-corrected chi connectivity index (χ4v) is 8.78. The molecule has 6 rings (SSSR count). The van der Waals surface area contributed by atoms with Gasteiger partial charge >= 0.3 is 0 Å². The van der Waals surface area contributed by atoms with E-state index in [-0.39, 0.29) is 25.5 Å². The molecule has 1 aliphatic carbocycles. The minimum atomic E-state index is -4.07. The maximum absolute atomic E-state index is 14.5. The van der Waals surface area contributed by atoms with Gasteiger partial charge in [0, 0.05) is 41.5 Å². The smallest absolute Gasteiger partial charge is 0.250 e. The second-order valence-corrected chi connectivity index (χ2v) is 15.1. The average Bonchev–Trinajstić information content (AvgIpc) is 3.57. The number of aliphatic hydroxyl groups is 1. The third-order valence-corrected chi connectivity index (χ3v) is 11.8. The monoisotopic (exact) mass is 629 g/mol. The Bertz CT molecular complexity index is 1770. The first-order chi connectivity index (χ1) is 19.9. The predicted octanol–water partition coefficient (Wildman–Crippen LogP) is 3.43. The van der Waals surface area contributed by atoms with Gasteiger partial charge in [-0.1, -0.05) is 23.8 Å². The van der Waals surface area contributed by atoms with E-state index in [1.807, 2.05) is 43.3 Å². The average molecular weight is 630 g/mol. The number of carbonyl (C=O) groups excluding carboxylic acids is 1. The highest BCUT2D eigenvalue weighted by atomic mass is 35.5. The van der Waals surface area contributed by atoms with E-state index in [1.165, 1.54) is 15.3 Å². The predicted molar refractivity (Wildman–Crippen MR) is 164 cm³/mol. The first-order valence-electron chi connectivity index (χ1n) is 13.6. The quantitative estimate of drug-likeness (QED) is 0.422. The SMILES string of the molecule is CN(C)CC(=O)N1CC=C(c2cc3cccnc3n2S(=O)(=O)C2(C)C=C(Cl)C(c3cnc(C4(O)COC4)s3)=CC2)CC1. The zero-order valence-electron chi connectivity index (χ0n) is 23.6. The summed E-state index contributed by atoms with van der Waals surface area (Å²) in [5.74, 6) is 0.0328. The van der Waals surface area contributed by atoms with Crippen LogP contribution in [0.4, 0.5) is 0 Å². The summed E-state index contributed by atoms with van der Waals surface area (Å²) in [5.41, 5.74) is 1.35. The molecule has 42 heavy (non-hydrogen) atoms. The lowest BCUT2D eigenvalue weighted by Gasteiger charge is -2.34. The van der Waals surface area contributed by atoms with Crippen molar-refractivity contribution in [2.45, 2.75) is 30.1 Å². The molecule has 3 aromatic rings. The Balaban J connectivity index is 1.34. The van der Waals surface area contributed by atoms with Crippen LogP contribution in [-0.4, -0.2) is 94.9 Å². The molecule has 1 unspecified atom stereocenters. The van der Waals surface area contributed by atoms with Gasteiger partial charge < -0.3 is 19.6 Å². The van der Waals surface area contributed by atoms with Gasteiger partial charge in [-0.05, 0) is 63.7 Å². The second kappa shape index (κ2) is 10.7. The number of likely N-dealkylation sites (N-methyl/N-ethyl adjacent to an activating group) is 1. The van der Waals surface area contributed by atoms with Gasteiger partial charge in [-0.15, -0.1) is 11.3 Å². The summed E-state index contributed by atoms with van der Waals surface area (Å²) < 4.78 is 34.2. The Labute approximate surface area is 253 Å². The van der Waals surface area contributed by atoms with Gasteiger partial charge in [0.1, 0.15) is 9.75 Å². The number of ether oxygens (including phenoxy) is 1. The zero-order valence-corrected chi connectivity index (χ0v) is 26.0. The van der Waals surface area contributed by atoms with Crippen molar-refractivity contribution in [1.82, 2.24) is 23.7 Å². The van der Waals surface area contributed by atoms with Crippen molar-refractivity contribution in [2.75, 3.05) is 46.9 Å². The Morgan fingerprint density at radius 3 is 2.69 bits per heavy atom. The molecule has 5 heterocycles. The number of halogens is 1. The number of amides is 1. The van der Waals surface area contributed by atoms with Crippen molar-refractivity contribution < 1.29 is 23.1 Å². The summed E-state index contributed by atoms with van der Waals surface area (Å²) in [6, 6.07) is 5.49. The molecule has 0 spiro atoms. The molecule has 1 N–H and O–H groups in total. The zero-order chi connectivity index (χ0) is 29.9. The Hall–Kier alpha value is -2.87. The molecule has 1 atom stereocenters. The van der Waals surface area contributed by atoms with E-state index in [1.54, 1.807) is 36.4 Å². The first kappa shape index (κ1) is 29.2. The maximum Gasteiger partial charge on any atom is 0.250 e. The molecule has 1 saturated heterocycles. The van der Waals surface area contributed by atoms with Crippen molar-refractivity contribution in [3.05, 3.63) is 69.4 Å². The van der Waals surface area contributed by atoms with Crippen molar-refractivity contribution in [2.24, 2.45) is 0 Å². The number of fused-ring (bicyclic) bond motifs is 1. The van der Waals surface area contributed by atoms with E-state index in [9.17, 15) is 18.3 Å². The molecular weight excluding hydrogens is 598 g/mol. The van der Waals surface area contributed by atoms with E-state index >= 15 is 0 Å². The topological polar surface area (TPSA) is 118 Å². The number of carbonyl (C=O) groups is 1. The number of hydrogen-bond acceptors (Lipinski definition) is 9. The fraction of sp³-hybridized carbons (Fsp3) is 0.414. The Morgan fingerprint density at radius 2 is 2.05 bits per heavy atom. The Morgan fingerprint density at radius 1 is 1.26 bits per heavy atom. The van der Waals surface area contributed by atoms with Crippen LogP contribution < -0.4 is 0 Å². The van der Waals surface area contributed by atoms with Gasteiger partial charge in [-0.2, -0.15) is 0 Å². The molecule has 222 valence electrons. The number of hydrogen-bond donors (Lipinski definition) is 1. The molecule has 10 nitrogen and oxygen atoms in total. The van der Waals surface area contributed by atoms with E-state index in [0.29, 0.717) is 58.4 Å². The molecular formula is C29H32ClN5O5S2. The Kier molecular flexibility index (Phi) is 7.43. The van der Waals surface area contributed by atoms with E-state index in [4.69, 9.17) is 16.3 Å². The van der Waals surface area contributed by atoms with E-state index in [0.717, 1.165) is 10.5 Å². The van der Waals surface area contributed by atoms with Crippen LogP contribution in [0.2, 0.25) is 0 Å². The highest BCUT2D eigenvalue weighted by molar-refractivity contribution is 7.91. The van der Waals surface area contributed by atoms with Crippen LogP contribution in [-0.2, 0) is 25.2 Å². The number of nitrogens with zero attached hydrogens (tertiary/aromatic N) is 5. The maximum atomic E-state index is 14.5. The van der Waals surface area contributed by atoms with Crippen LogP contribution in [0.1, 0.15) is 35.3 Å². The van der Waals surface area contributed by atoms with Crippen LogP contribution in [0, 0.1) is 0 Å². The molecule has 1 fully saturated rings. The van der Waals surface area contributed by atoms with Gasteiger partial charge in [0.2, 0.25) is 15.9 Å². The normalized spacial score (nSPS) is 22.5. The number of aromatic nitrogens is 3. The third kappa shape index (κ3) is 4.93. The lowest BCUT2D eigenvalue weighted by Crippen LogP contribution is -2.46. The van der Waals surface area contributed by atoms with Gasteiger partial charge in [0.25, 0.3) is 0 Å². The molecule has 0 radical (unpaired) electrons. The van der Waals surface area contributed by atoms with Gasteiger partial charge in [0.15, 0.2) is 11.2 Å². The second-order valence-electron chi connectivity index (χ2n) is 11.5. The van der Waals surface area contributed by atoms with Crippen LogP contribution in [0.15, 0.2) is 53.9 Å². The number of thiazole rings is 1. The minimum absolute atomic E-state index is 0.0328. The number of rotatable bonds is 7. The molecule has 1 amide bonds.